The molecular weight excluding hydrogens is 1790 g/mol. The highest BCUT2D eigenvalue weighted by atomic mass is 19.1. The molecule has 26 heteroatoms. The van der Waals surface area contributed by atoms with Crippen LogP contribution in [0.1, 0.15) is 169 Å². The third-order valence-corrected chi connectivity index (χ3v) is 30.8. The molecule has 0 amide bonds. The largest absolute Gasteiger partial charge is 0.388 e. The molecule has 0 bridgehead atoms. The standard InChI is InChI=1S/C30H29FN6.C29H27FN6.C29H26FN5.C29H28FN5/c1-35(2)23-7-9-24(10-8-23)37-13-12-25-28(37)18-33-30(20-6-11-27-22(14-20)17-34-36(27)3)29(25)19-4-5-21(16-32)26(31)15-19;1-32-22-6-8-23(9-7-22)36-12-11-24-27(36)17-33-29(19-5-10-26-21(13-19)16-34-35(26)2)28(24)18-3-4-20(15-31)25(30)14-18;1-18(19-5-3-4-6-19)35-12-11-24-27(35)17-32-29(21-9-10-26-23(13-21)16-33-34(26)2)28(24)20-7-8-22(15-31)25(30)14-20;1-18(19-5-3-4-6-19)35-12-11-24-27(35)17-34-29(21-9-10-26(33-2)23(13-21)16-32)28(24)20-7-8-22(15-31)25(30)14-20/h4-6,11-15,17-18,23-24H,7-10H2,1-3H3;3-5,10-14,16-17,22-23,32H,6-9H2,1-2H3;7-14,16-19H,3-6H2,1-2H3;7-14,16-19,32-33H,3-6H2,1-2H3. The van der Waals surface area contributed by atoms with Crippen LogP contribution in [0.15, 0.2) is 238 Å². The molecule has 23 rings (SSSR count). The molecule has 8 aromatic carbocycles. The Kier molecular flexibility index (Phi) is 26.7. The Labute approximate surface area is 827 Å². The zero-order chi connectivity index (χ0) is 99.1. The van der Waals surface area contributed by atoms with Gasteiger partial charge in [0, 0.05) is 189 Å². The van der Waals surface area contributed by atoms with Crippen LogP contribution >= 0.6 is 0 Å². The molecule has 11 heterocycles. The number of nitrogens with zero attached hydrogens (tertiary/aromatic N) is 19. The molecule has 0 radical (unpaired) electrons. The summed E-state index contributed by atoms with van der Waals surface area (Å²) in [6.07, 6.45) is 42.4. The minimum Gasteiger partial charge on any atom is -0.388 e. The zero-order valence-electron chi connectivity index (χ0n) is 81.5. The van der Waals surface area contributed by atoms with Crippen molar-refractivity contribution >= 4 is 88.2 Å². The third kappa shape index (κ3) is 18.1. The highest BCUT2D eigenvalue weighted by molar-refractivity contribution is 6.07. The van der Waals surface area contributed by atoms with Crippen LogP contribution in [0, 0.1) is 85.8 Å². The molecule has 143 heavy (non-hydrogen) atoms. The van der Waals surface area contributed by atoms with E-state index in [4.69, 9.17) is 25.3 Å². The quantitative estimate of drug-likeness (QED) is 0.0532. The fourth-order valence-electron chi connectivity index (χ4n) is 22.8. The second-order valence-corrected chi connectivity index (χ2v) is 38.9. The van der Waals surface area contributed by atoms with Crippen LogP contribution in [0.25, 0.3) is 166 Å². The van der Waals surface area contributed by atoms with E-state index in [9.17, 15) is 38.6 Å². The fraction of sp³-hybridized carbons (Fsp3) is 0.282. The van der Waals surface area contributed by atoms with Crippen LogP contribution in [0.4, 0.5) is 23.2 Å². The summed E-state index contributed by atoms with van der Waals surface area (Å²) in [4.78, 5) is 22.1. The van der Waals surface area contributed by atoms with Gasteiger partial charge in [0.2, 0.25) is 0 Å². The summed E-state index contributed by atoms with van der Waals surface area (Å²) >= 11 is 0. The summed E-state index contributed by atoms with van der Waals surface area (Å²) in [6.45, 7) is 4.57. The van der Waals surface area contributed by atoms with Gasteiger partial charge in [-0.15, -0.1) is 0 Å². The summed E-state index contributed by atoms with van der Waals surface area (Å²) in [7, 11) is 13.9. The predicted octanol–water partition coefficient (Wildman–Crippen LogP) is 26.5. The molecule has 4 saturated carbocycles. The SMILES string of the molecule is CC(C1CCCC1)n1ccc2c(-c3ccc(C#N)c(F)c3)c(-c3ccc4c(cnn4C)c3)ncc21.CN(C)C1CCC(n2ccc3c(-c4ccc(C#N)c(F)c4)c(-c4ccc5c(cnn5C)c4)ncc32)CC1.CNC1CCC(n2ccc3c(-c4ccc(C#N)c(F)c4)c(-c4ccc5c(cnn5C)c4)ncc32)CC1.CNc1ccc(-c2ncc3c(ccn3C(C)C3CCCC3)c2-c2ccc(C#N)c(F)c2)cc1C=N. The first-order valence-corrected chi connectivity index (χ1v) is 49.3. The van der Waals surface area contributed by atoms with E-state index >= 15 is 0 Å². The van der Waals surface area contributed by atoms with Gasteiger partial charge in [-0.1, -0.05) is 74.2 Å². The van der Waals surface area contributed by atoms with E-state index in [1.165, 1.54) is 101 Å². The van der Waals surface area contributed by atoms with E-state index in [0.717, 1.165) is 193 Å². The molecule has 3 N–H and O–H groups in total. The van der Waals surface area contributed by atoms with Gasteiger partial charge in [0.1, 0.15) is 47.5 Å². The molecule has 19 aromatic rings. The first kappa shape index (κ1) is 94.6. The number of aryl methyl sites for hydroxylation is 3. The lowest BCUT2D eigenvalue weighted by molar-refractivity contribution is 0.197. The molecule has 2 unspecified atom stereocenters. The van der Waals surface area contributed by atoms with Crippen LogP contribution in [0.3, 0.4) is 0 Å². The number of benzene rings is 8. The lowest BCUT2D eigenvalue weighted by atomic mass is 9.90. The number of hydrogen-bond acceptors (Lipinski definition) is 15. The Morgan fingerprint density at radius 3 is 1.01 bits per heavy atom. The van der Waals surface area contributed by atoms with Crippen molar-refractivity contribution in [3.05, 3.63) is 289 Å². The lowest BCUT2D eigenvalue weighted by Crippen LogP contribution is -2.32. The average Bonchev–Trinajstić information content (AvgIpc) is 1.65. The number of nitriles is 4. The number of halogens is 4. The van der Waals surface area contributed by atoms with Gasteiger partial charge in [-0.05, 0) is 267 Å². The Bertz CT molecular complexity index is 8290. The van der Waals surface area contributed by atoms with E-state index in [1.807, 2.05) is 190 Å². The van der Waals surface area contributed by atoms with Crippen molar-refractivity contribution in [3.8, 4) is 114 Å². The maximum Gasteiger partial charge on any atom is 0.141 e. The molecule has 4 aliphatic carbocycles. The molecule has 0 spiro atoms. The summed E-state index contributed by atoms with van der Waals surface area (Å²) in [5, 5.41) is 71.6. The molecule has 716 valence electrons. The Morgan fingerprint density at radius 2 is 0.685 bits per heavy atom. The smallest absolute Gasteiger partial charge is 0.141 e. The minimum atomic E-state index is -0.544. The van der Waals surface area contributed by atoms with Crippen LogP contribution in [-0.4, -0.2) is 119 Å². The summed E-state index contributed by atoms with van der Waals surface area (Å²) in [6, 6.07) is 62.5. The molecule has 22 nitrogen and oxygen atoms in total. The van der Waals surface area contributed by atoms with E-state index < -0.39 is 23.3 Å². The third-order valence-electron chi connectivity index (χ3n) is 30.8. The van der Waals surface area contributed by atoms with Crippen molar-refractivity contribution in [2.75, 3.05) is 33.5 Å². The van der Waals surface area contributed by atoms with Gasteiger partial charge >= 0.3 is 0 Å². The lowest BCUT2D eigenvalue weighted by Gasteiger charge is -2.33. The Hall–Kier alpha value is -16.0. The predicted molar refractivity (Wildman–Crippen MR) is 560 cm³/mol. The van der Waals surface area contributed by atoms with Crippen molar-refractivity contribution in [2.45, 2.75) is 153 Å². The summed E-state index contributed by atoms with van der Waals surface area (Å²) < 4.78 is 74.0. The minimum absolute atomic E-state index is 0.0207. The normalized spacial score (nSPS) is 16.5. The van der Waals surface area contributed by atoms with Gasteiger partial charge in [0.15, 0.2) is 0 Å². The average molecular weight is 1900 g/mol. The number of aromatic nitrogens is 14. The fourth-order valence-corrected chi connectivity index (χ4v) is 22.8. The summed E-state index contributed by atoms with van der Waals surface area (Å²) in [5.41, 5.74) is 22.1. The molecule has 4 fully saturated rings. The number of hydrogen-bond donors (Lipinski definition) is 3. The van der Waals surface area contributed by atoms with Gasteiger partial charge in [-0.2, -0.15) is 36.3 Å². The van der Waals surface area contributed by atoms with Crippen molar-refractivity contribution in [3.63, 3.8) is 0 Å². The monoisotopic (exact) mass is 1900 g/mol. The van der Waals surface area contributed by atoms with Crippen LogP contribution in [0.5, 0.6) is 0 Å². The number of anilines is 1. The maximum absolute atomic E-state index is 14.8. The maximum atomic E-state index is 14.8. The van der Waals surface area contributed by atoms with Gasteiger partial charge in [-0.3, -0.25) is 34.0 Å². The number of fused-ring (bicyclic) bond motifs is 7. The van der Waals surface area contributed by atoms with Gasteiger partial charge in [-0.25, -0.2) is 17.6 Å². The summed E-state index contributed by atoms with van der Waals surface area (Å²) in [5.74, 6) is -0.802. The highest BCUT2D eigenvalue weighted by Crippen LogP contribution is 2.49. The van der Waals surface area contributed by atoms with E-state index in [0.29, 0.717) is 70.3 Å². The molecule has 4 aliphatic rings. The zero-order valence-corrected chi connectivity index (χ0v) is 81.5. The molecule has 0 aliphatic heterocycles. The van der Waals surface area contributed by atoms with Crippen LogP contribution in [-0.2, 0) is 21.1 Å². The number of nitrogens with one attached hydrogen (secondary N) is 3. The Morgan fingerprint density at radius 1 is 0.371 bits per heavy atom. The van der Waals surface area contributed by atoms with Crippen molar-refractivity contribution < 1.29 is 17.6 Å². The van der Waals surface area contributed by atoms with E-state index in [2.05, 4.69) is 144 Å². The topological polar surface area (TPSA) is 271 Å². The highest BCUT2D eigenvalue weighted by Gasteiger charge is 2.33. The van der Waals surface area contributed by atoms with Gasteiger partial charge in [0.25, 0.3) is 0 Å². The van der Waals surface area contributed by atoms with Crippen molar-refractivity contribution in [1.29, 1.82) is 26.5 Å². The molecular formula is C117H110F4N22. The number of rotatable bonds is 18. The first-order chi connectivity index (χ1) is 69.6. The first-order valence-electron chi connectivity index (χ1n) is 49.3. The van der Waals surface area contributed by atoms with Crippen molar-refractivity contribution in [2.24, 2.45) is 33.0 Å². The molecule has 2 atom stereocenters. The second kappa shape index (κ2) is 40.3. The van der Waals surface area contributed by atoms with E-state index in [1.54, 1.807) is 24.3 Å². The van der Waals surface area contributed by atoms with Crippen molar-refractivity contribution in [1.82, 2.24) is 77.8 Å². The van der Waals surface area contributed by atoms with Crippen LogP contribution in [0.2, 0.25) is 0 Å². The van der Waals surface area contributed by atoms with E-state index in [-0.39, 0.29) is 22.3 Å². The van der Waals surface area contributed by atoms with Gasteiger partial charge < -0.3 is 39.2 Å². The number of pyridine rings is 4. The van der Waals surface area contributed by atoms with Crippen LogP contribution < -0.4 is 10.6 Å². The molecule has 11 aromatic heterocycles. The van der Waals surface area contributed by atoms with Gasteiger partial charge in [0.05, 0.1) is 127 Å². The molecule has 0 saturated heterocycles. The Balaban J connectivity index is 0.000000117. The second-order valence-electron chi connectivity index (χ2n) is 38.9.